The maximum atomic E-state index is 3.71. The van der Waals surface area contributed by atoms with E-state index < -0.39 is 0 Å². The summed E-state index contributed by atoms with van der Waals surface area (Å²) in [5, 5.41) is 3.71. The smallest absolute Gasteiger partial charge is 0.0304 e. The van der Waals surface area contributed by atoms with Gasteiger partial charge in [0.05, 0.1) is 0 Å². The van der Waals surface area contributed by atoms with Crippen LogP contribution in [-0.4, -0.2) is 62.2 Å². The van der Waals surface area contributed by atoms with E-state index in [0.717, 1.165) is 6.54 Å². The Morgan fingerprint density at radius 3 is 2.50 bits per heavy atom. The van der Waals surface area contributed by atoms with Gasteiger partial charge < -0.3 is 15.1 Å². The minimum absolute atomic E-state index is 0.385. The number of nitrogens with zero attached hydrogens (tertiary/aromatic N) is 2. The van der Waals surface area contributed by atoms with Crippen molar-refractivity contribution in [3.8, 4) is 0 Å². The lowest BCUT2D eigenvalue weighted by atomic mass is 9.90. The van der Waals surface area contributed by atoms with Crippen molar-refractivity contribution in [2.45, 2.75) is 38.6 Å². The second kappa shape index (κ2) is 6.58. The van der Waals surface area contributed by atoms with Crippen LogP contribution >= 0.6 is 0 Å². The molecule has 0 amide bonds. The summed E-state index contributed by atoms with van der Waals surface area (Å²) in [7, 11) is 4.31. The number of rotatable bonds is 6. The fourth-order valence-electron chi connectivity index (χ4n) is 2.57. The Hall–Kier alpha value is -0.120. The van der Waals surface area contributed by atoms with Crippen molar-refractivity contribution >= 4 is 0 Å². The quantitative estimate of drug-likeness (QED) is 0.740. The summed E-state index contributed by atoms with van der Waals surface area (Å²) >= 11 is 0. The maximum Gasteiger partial charge on any atom is 0.0304 e. The first-order valence-electron chi connectivity index (χ1n) is 6.74. The van der Waals surface area contributed by atoms with Crippen LogP contribution in [0.3, 0.4) is 0 Å². The van der Waals surface area contributed by atoms with Gasteiger partial charge in [0, 0.05) is 25.2 Å². The Morgan fingerprint density at radius 2 is 1.94 bits per heavy atom. The van der Waals surface area contributed by atoms with Gasteiger partial charge in [-0.3, -0.25) is 0 Å². The van der Waals surface area contributed by atoms with Crippen LogP contribution in [0, 0.1) is 0 Å². The molecule has 1 N–H and O–H groups in total. The lowest BCUT2D eigenvalue weighted by Gasteiger charge is -2.43. The van der Waals surface area contributed by atoms with Crippen LogP contribution < -0.4 is 5.32 Å². The highest BCUT2D eigenvalue weighted by Gasteiger charge is 2.31. The van der Waals surface area contributed by atoms with E-state index in [1.165, 1.54) is 45.4 Å². The Balaban J connectivity index is 2.32. The van der Waals surface area contributed by atoms with Crippen molar-refractivity contribution in [2.75, 3.05) is 46.8 Å². The summed E-state index contributed by atoms with van der Waals surface area (Å²) in [6.45, 7) is 10.7. The average Bonchev–Trinajstić information content (AvgIpc) is 2.29. The van der Waals surface area contributed by atoms with E-state index in [1.54, 1.807) is 0 Å². The van der Waals surface area contributed by atoms with Crippen LogP contribution in [0.4, 0.5) is 0 Å². The summed E-state index contributed by atoms with van der Waals surface area (Å²) < 4.78 is 0. The molecule has 0 unspecified atom stereocenters. The molecule has 0 saturated carbocycles. The first-order chi connectivity index (χ1) is 7.62. The normalized spacial score (nSPS) is 21.6. The van der Waals surface area contributed by atoms with Gasteiger partial charge in [-0.1, -0.05) is 13.8 Å². The largest absolute Gasteiger partial charge is 0.309 e. The predicted octanol–water partition coefficient (Wildman–Crippen LogP) is 1.40. The summed E-state index contributed by atoms with van der Waals surface area (Å²) in [5.41, 5.74) is 0.385. The molecule has 3 heteroatoms. The van der Waals surface area contributed by atoms with E-state index in [1.807, 2.05) is 0 Å². The number of piperazine rings is 1. The molecule has 0 aromatic rings. The van der Waals surface area contributed by atoms with Crippen molar-refractivity contribution in [3.05, 3.63) is 0 Å². The lowest BCUT2D eigenvalue weighted by molar-refractivity contribution is 0.120. The Kier molecular flexibility index (Phi) is 5.73. The van der Waals surface area contributed by atoms with Gasteiger partial charge in [-0.05, 0) is 46.4 Å². The van der Waals surface area contributed by atoms with E-state index in [9.17, 15) is 0 Å². The van der Waals surface area contributed by atoms with Gasteiger partial charge in [0.15, 0.2) is 0 Å². The third kappa shape index (κ3) is 4.04. The average molecular weight is 227 g/mol. The molecule has 1 fully saturated rings. The molecule has 1 rings (SSSR count). The minimum atomic E-state index is 0.385. The van der Waals surface area contributed by atoms with E-state index in [4.69, 9.17) is 0 Å². The molecule has 1 aliphatic heterocycles. The molecule has 0 aromatic heterocycles. The lowest BCUT2D eigenvalue weighted by Crippen LogP contribution is -2.59. The topological polar surface area (TPSA) is 18.5 Å². The highest BCUT2D eigenvalue weighted by atomic mass is 15.2. The molecule has 0 bridgehead atoms. The van der Waals surface area contributed by atoms with E-state index in [-0.39, 0.29) is 0 Å². The molecule has 0 atom stereocenters. The predicted molar refractivity (Wildman–Crippen MR) is 70.9 cm³/mol. The van der Waals surface area contributed by atoms with Crippen molar-refractivity contribution in [1.29, 1.82) is 0 Å². The molecule has 3 nitrogen and oxygen atoms in total. The zero-order chi connectivity index (χ0) is 12.0. The summed E-state index contributed by atoms with van der Waals surface area (Å²) in [6.07, 6.45) is 3.78. The molecular formula is C13H29N3. The molecule has 1 heterocycles. The van der Waals surface area contributed by atoms with Crippen LogP contribution in [0.25, 0.3) is 0 Å². The molecule has 0 radical (unpaired) electrons. The second-order valence-electron chi connectivity index (χ2n) is 5.35. The maximum absolute atomic E-state index is 3.71. The SMILES string of the molecule is CCC1(CC)CN(CCCN(C)C)CCN1. The Labute approximate surface area is 101 Å². The molecular weight excluding hydrogens is 198 g/mol. The van der Waals surface area contributed by atoms with Crippen molar-refractivity contribution in [1.82, 2.24) is 15.1 Å². The molecule has 0 aromatic carbocycles. The molecule has 1 aliphatic rings. The van der Waals surface area contributed by atoms with Gasteiger partial charge in [-0.15, -0.1) is 0 Å². The zero-order valence-corrected chi connectivity index (χ0v) is 11.6. The van der Waals surface area contributed by atoms with Gasteiger partial charge in [0.25, 0.3) is 0 Å². The first kappa shape index (κ1) is 13.9. The van der Waals surface area contributed by atoms with E-state index in [0.29, 0.717) is 5.54 Å². The van der Waals surface area contributed by atoms with Gasteiger partial charge in [0.2, 0.25) is 0 Å². The number of hydrogen-bond donors (Lipinski definition) is 1. The van der Waals surface area contributed by atoms with Crippen molar-refractivity contribution in [2.24, 2.45) is 0 Å². The fraction of sp³-hybridized carbons (Fsp3) is 1.00. The van der Waals surface area contributed by atoms with Crippen LogP contribution in [0.15, 0.2) is 0 Å². The van der Waals surface area contributed by atoms with E-state index >= 15 is 0 Å². The summed E-state index contributed by atoms with van der Waals surface area (Å²) in [5.74, 6) is 0. The fourth-order valence-corrected chi connectivity index (χ4v) is 2.57. The Morgan fingerprint density at radius 1 is 1.25 bits per heavy atom. The van der Waals surface area contributed by atoms with Gasteiger partial charge >= 0.3 is 0 Å². The van der Waals surface area contributed by atoms with Crippen LogP contribution in [0.5, 0.6) is 0 Å². The number of hydrogen-bond acceptors (Lipinski definition) is 3. The van der Waals surface area contributed by atoms with Crippen LogP contribution in [0.2, 0.25) is 0 Å². The third-order valence-electron chi connectivity index (χ3n) is 3.89. The minimum Gasteiger partial charge on any atom is -0.309 e. The second-order valence-corrected chi connectivity index (χ2v) is 5.35. The molecule has 1 saturated heterocycles. The van der Waals surface area contributed by atoms with Gasteiger partial charge in [-0.2, -0.15) is 0 Å². The highest BCUT2D eigenvalue weighted by molar-refractivity contribution is 4.92. The standard InChI is InChI=1S/C13H29N3/c1-5-13(6-2)12-16(11-8-14-13)10-7-9-15(3)4/h14H,5-12H2,1-4H3. The van der Waals surface area contributed by atoms with Crippen LogP contribution in [-0.2, 0) is 0 Å². The van der Waals surface area contributed by atoms with Gasteiger partial charge in [0.1, 0.15) is 0 Å². The van der Waals surface area contributed by atoms with Crippen molar-refractivity contribution in [3.63, 3.8) is 0 Å². The molecule has 16 heavy (non-hydrogen) atoms. The van der Waals surface area contributed by atoms with Crippen molar-refractivity contribution < 1.29 is 0 Å². The first-order valence-corrected chi connectivity index (χ1v) is 6.74. The molecule has 96 valence electrons. The van der Waals surface area contributed by atoms with Crippen LogP contribution in [0.1, 0.15) is 33.1 Å². The molecule has 0 spiro atoms. The summed E-state index contributed by atoms with van der Waals surface area (Å²) in [6, 6.07) is 0. The third-order valence-corrected chi connectivity index (χ3v) is 3.89. The van der Waals surface area contributed by atoms with Gasteiger partial charge in [-0.25, -0.2) is 0 Å². The zero-order valence-electron chi connectivity index (χ0n) is 11.6. The Bertz CT molecular complexity index is 188. The van der Waals surface area contributed by atoms with E-state index in [2.05, 4.69) is 43.1 Å². The summed E-state index contributed by atoms with van der Waals surface area (Å²) in [4.78, 5) is 4.90. The highest BCUT2D eigenvalue weighted by Crippen LogP contribution is 2.19. The number of nitrogens with one attached hydrogen (secondary N) is 1. The molecule has 0 aliphatic carbocycles. The monoisotopic (exact) mass is 227 g/mol.